The zero-order valence-corrected chi connectivity index (χ0v) is 19.1. The van der Waals surface area contributed by atoms with Gasteiger partial charge in [0, 0.05) is 22.9 Å². The highest BCUT2D eigenvalue weighted by Gasteiger charge is 2.29. The third-order valence-electron chi connectivity index (χ3n) is 5.12. The second-order valence-corrected chi connectivity index (χ2v) is 9.61. The van der Waals surface area contributed by atoms with Crippen molar-refractivity contribution in [1.82, 2.24) is 9.79 Å². The molecule has 1 fully saturated rings. The van der Waals surface area contributed by atoms with E-state index in [4.69, 9.17) is 9.94 Å². The summed E-state index contributed by atoms with van der Waals surface area (Å²) in [4.78, 5) is 13.1. The van der Waals surface area contributed by atoms with Crippen LogP contribution in [0.4, 0.5) is 13.2 Å². The van der Waals surface area contributed by atoms with Crippen molar-refractivity contribution in [3.63, 3.8) is 0 Å². The van der Waals surface area contributed by atoms with E-state index in [1.54, 1.807) is 29.6 Å². The summed E-state index contributed by atoms with van der Waals surface area (Å²) >= 11 is 1.45. The fourth-order valence-electron chi connectivity index (χ4n) is 3.57. The highest BCUT2D eigenvalue weighted by Crippen LogP contribution is 2.38. The Balaban J connectivity index is 1.54. The number of carbonyl (C=O) groups is 1. The van der Waals surface area contributed by atoms with Gasteiger partial charge in [0.1, 0.15) is 11.9 Å². The zero-order chi connectivity index (χ0) is 23.1. The van der Waals surface area contributed by atoms with Crippen LogP contribution >= 0.6 is 23.7 Å². The molecule has 0 bridgehead atoms. The van der Waals surface area contributed by atoms with Crippen LogP contribution in [0.2, 0.25) is 0 Å². The van der Waals surface area contributed by atoms with Gasteiger partial charge >= 0.3 is 5.51 Å². The summed E-state index contributed by atoms with van der Waals surface area (Å²) in [5, 5.41) is 9.04. The van der Waals surface area contributed by atoms with Gasteiger partial charge in [-0.05, 0) is 78.9 Å². The number of benzene rings is 2. The summed E-state index contributed by atoms with van der Waals surface area (Å²) in [6, 6.07) is 13.7. The van der Waals surface area contributed by atoms with Crippen molar-refractivity contribution in [1.29, 1.82) is 0 Å². The van der Waals surface area contributed by atoms with Crippen LogP contribution in [0.3, 0.4) is 0 Å². The van der Waals surface area contributed by atoms with Crippen LogP contribution in [0, 0.1) is 0 Å². The molecule has 174 valence electrons. The van der Waals surface area contributed by atoms with Gasteiger partial charge in [-0.2, -0.15) is 13.2 Å². The lowest BCUT2D eigenvalue weighted by atomic mass is 9.96. The summed E-state index contributed by atoms with van der Waals surface area (Å²) < 4.78 is 45.5. The predicted octanol–water partition coefficient (Wildman–Crippen LogP) is 5.85. The second-order valence-electron chi connectivity index (χ2n) is 7.33. The lowest BCUT2D eigenvalue weighted by molar-refractivity contribution is -0.130. The van der Waals surface area contributed by atoms with E-state index in [2.05, 4.69) is 4.31 Å². The molecule has 1 heterocycles. The highest BCUT2D eigenvalue weighted by atomic mass is 32.2. The topological polar surface area (TPSA) is 61.8 Å². The number of carbonyl (C=O) groups excluding carboxylic acids is 1. The Labute approximate surface area is 193 Å². The van der Waals surface area contributed by atoms with Crippen molar-refractivity contribution in [2.75, 3.05) is 13.1 Å². The summed E-state index contributed by atoms with van der Waals surface area (Å²) in [6.07, 6.45) is 2.12. The summed E-state index contributed by atoms with van der Waals surface area (Å²) in [7, 11) is 0. The van der Waals surface area contributed by atoms with Gasteiger partial charge in [-0.1, -0.05) is 25.1 Å². The molecule has 0 aromatic heterocycles. The molecule has 1 saturated heterocycles. The van der Waals surface area contributed by atoms with Crippen LogP contribution in [0.1, 0.15) is 37.7 Å². The molecule has 32 heavy (non-hydrogen) atoms. The SMILES string of the molecule is CCC(C(=O)NO)c1ccccc1SN1CCC(Oc2ccc(SC(F)(F)F)cc2)CC1. The molecule has 1 amide bonds. The number of hydrogen-bond donors (Lipinski definition) is 2. The van der Waals surface area contributed by atoms with Gasteiger partial charge in [-0.15, -0.1) is 0 Å². The molecular formula is C22H25F3N2O3S2. The maximum Gasteiger partial charge on any atom is 0.446 e. The van der Waals surface area contributed by atoms with Crippen LogP contribution < -0.4 is 10.2 Å². The molecule has 1 unspecified atom stereocenters. The molecule has 0 radical (unpaired) electrons. The standard InChI is InChI=1S/C22H25F3N2O3S2/c1-2-18(21(28)26-29)19-5-3-4-6-20(19)32-27-13-11-16(12-14-27)30-15-7-9-17(10-8-15)31-22(23,24)25/h3-10,16,18,29H,2,11-14H2,1H3,(H,26,28). The summed E-state index contributed by atoms with van der Waals surface area (Å²) in [5.74, 6) is -0.288. The number of thioether (sulfide) groups is 1. The first-order valence-corrected chi connectivity index (χ1v) is 11.9. The molecule has 2 aromatic rings. The molecule has 1 aliphatic heterocycles. The maximum atomic E-state index is 12.4. The van der Waals surface area contributed by atoms with Gasteiger partial charge in [0.25, 0.3) is 5.91 Å². The van der Waals surface area contributed by atoms with E-state index >= 15 is 0 Å². The largest absolute Gasteiger partial charge is 0.490 e. The molecule has 1 aliphatic rings. The molecule has 10 heteroatoms. The van der Waals surface area contributed by atoms with Crippen LogP contribution in [0.5, 0.6) is 5.75 Å². The van der Waals surface area contributed by atoms with E-state index in [0.29, 0.717) is 12.2 Å². The number of ether oxygens (including phenoxy) is 1. The summed E-state index contributed by atoms with van der Waals surface area (Å²) in [6.45, 7) is 3.45. The molecule has 0 aliphatic carbocycles. The Hall–Kier alpha value is -1.88. The molecule has 0 spiro atoms. The number of nitrogens with one attached hydrogen (secondary N) is 1. The number of nitrogens with zero attached hydrogens (tertiary/aromatic N) is 1. The fourth-order valence-corrected chi connectivity index (χ4v) is 5.23. The third-order valence-corrected chi connectivity index (χ3v) is 7.05. The Morgan fingerprint density at radius 2 is 1.84 bits per heavy atom. The lowest BCUT2D eigenvalue weighted by Crippen LogP contribution is -2.34. The average molecular weight is 487 g/mol. The maximum absolute atomic E-state index is 12.4. The van der Waals surface area contributed by atoms with E-state index in [1.165, 1.54) is 12.1 Å². The van der Waals surface area contributed by atoms with Gasteiger partial charge < -0.3 is 4.74 Å². The minimum Gasteiger partial charge on any atom is -0.490 e. The van der Waals surface area contributed by atoms with Crippen molar-refractivity contribution in [2.24, 2.45) is 0 Å². The van der Waals surface area contributed by atoms with Gasteiger partial charge in [-0.3, -0.25) is 10.0 Å². The molecule has 5 nitrogen and oxygen atoms in total. The number of piperidine rings is 1. The molecular weight excluding hydrogens is 461 g/mol. The Bertz CT molecular complexity index is 889. The monoisotopic (exact) mass is 486 g/mol. The van der Waals surface area contributed by atoms with Gasteiger partial charge in [0.05, 0.1) is 5.92 Å². The van der Waals surface area contributed by atoms with E-state index < -0.39 is 17.3 Å². The first-order chi connectivity index (χ1) is 15.3. The molecule has 0 saturated carbocycles. The average Bonchev–Trinajstić information content (AvgIpc) is 2.77. The number of hydrogen-bond acceptors (Lipinski definition) is 6. The second kappa shape index (κ2) is 11.3. The lowest BCUT2D eigenvalue weighted by Gasteiger charge is -2.32. The smallest absolute Gasteiger partial charge is 0.446 e. The Kier molecular flexibility index (Phi) is 8.75. The molecule has 2 aromatic carbocycles. The zero-order valence-electron chi connectivity index (χ0n) is 17.5. The van der Waals surface area contributed by atoms with Crippen LogP contribution in [0.15, 0.2) is 58.3 Å². The minimum absolute atomic E-state index is 0.00762. The molecule has 3 rings (SSSR count). The quantitative estimate of drug-likeness (QED) is 0.211. The van der Waals surface area contributed by atoms with E-state index in [1.807, 2.05) is 31.2 Å². The number of rotatable bonds is 8. The summed E-state index contributed by atoms with van der Waals surface area (Å²) in [5.41, 5.74) is -1.67. The minimum atomic E-state index is -4.30. The molecule has 1 atom stereocenters. The third kappa shape index (κ3) is 7.06. The Morgan fingerprint density at radius 1 is 1.19 bits per heavy atom. The first-order valence-electron chi connectivity index (χ1n) is 10.3. The number of hydroxylamine groups is 1. The Morgan fingerprint density at radius 3 is 2.44 bits per heavy atom. The van der Waals surface area contributed by atoms with Crippen molar-refractivity contribution >= 4 is 29.6 Å². The van der Waals surface area contributed by atoms with E-state index in [9.17, 15) is 18.0 Å². The van der Waals surface area contributed by atoms with E-state index in [-0.39, 0.29) is 22.8 Å². The first kappa shape index (κ1) is 24.8. The van der Waals surface area contributed by atoms with Crippen LogP contribution in [-0.4, -0.2) is 40.1 Å². The van der Waals surface area contributed by atoms with Crippen molar-refractivity contribution in [3.05, 3.63) is 54.1 Å². The van der Waals surface area contributed by atoms with Crippen LogP contribution in [-0.2, 0) is 4.79 Å². The number of halogens is 3. The van der Waals surface area contributed by atoms with Gasteiger partial charge in [-0.25, -0.2) is 9.79 Å². The van der Waals surface area contributed by atoms with Crippen molar-refractivity contribution in [3.8, 4) is 5.75 Å². The van der Waals surface area contributed by atoms with Crippen molar-refractivity contribution in [2.45, 2.75) is 53.5 Å². The van der Waals surface area contributed by atoms with Gasteiger partial charge in [0.2, 0.25) is 0 Å². The fraction of sp³-hybridized carbons (Fsp3) is 0.409. The molecule has 2 N–H and O–H groups in total. The predicted molar refractivity (Wildman–Crippen MR) is 119 cm³/mol. The van der Waals surface area contributed by atoms with Gasteiger partial charge in [0.15, 0.2) is 0 Å². The number of amides is 1. The highest BCUT2D eigenvalue weighted by molar-refractivity contribution is 8.00. The number of alkyl halides is 3. The normalized spacial score (nSPS) is 16.5. The van der Waals surface area contributed by atoms with Crippen molar-refractivity contribution < 1.29 is 27.9 Å². The van der Waals surface area contributed by atoms with Crippen LogP contribution in [0.25, 0.3) is 0 Å². The van der Waals surface area contributed by atoms with E-state index in [0.717, 1.165) is 36.4 Å².